The highest BCUT2D eigenvalue weighted by molar-refractivity contribution is 6.42. The first-order valence-electron chi connectivity index (χ1n) is 7.99. The van der Waals surface area contributed by atoms with Crippen LogP contribution in [0.3, 0.4) is 0 Å². The van der Waals surface area contributed by atoms with E-state index in [1.54, 1.807) is 30.3 Å². The van der Waals surface area contributed by atoms with E-state index in [2.05, 4.69) is 10.1 Å². The van der Waals surface area contributed by atoms with Gasteiger partial charge in [-0.3, -0.25) is 4.79 Å². The average Bonchev–Trinajstić information content (AvgIpc) is 2.67. The highest BCUT2D eigenvalue weighted by Crippen LogP contribution is 2.29. The fourth-order valence-electron chi connectivity index (χ4n) is 2.27. The zero-order valence-electron chi connectivity index (χ0n) is 15.0. The average molecular weight is 412 g/mol. The summed E-state index contributed by atoms with van der Waals surface area (Å²) >= 11 is 11.9. The molecule has 0 aromatic heterocycles. The highest BCUT2D eigenvalue weighted by Gasteiger charge is 2.16. The van der Waals surface area contributed by atoms with Gasteiger partial charge in [0.25, 0.3) is 5.91 Å². The minimum Gasteiger partial charge on any atom is -0.493 e. The molecule has 2 aromatic carbocycles. The molecule has 6 nitrogen and oxygen atoms in total. The summed E-state index contributed by atoms with van der Waals surface area (Å²) in [4.78, 5) is 23.8. The van der Waals surface area contributed by atoms with E-state index in [0.717, 1.165) is 5.56 Å². The normalized spacial score (nSPS) is 11.4. The number of halogens is 2. The van der Waals surface area contributed by atoms with E-state index in [9.17, 15) is 9.59 Å². The first-order valence-corrected chi connectivity index (χ1v) is 8.74. The van der Waals surface area contributed by atoms with E-state index < -0.39 is 5.97 Å². The maximum absolute atomic E-state index is 12.6. The number of rotatable bonds is 7. The summed E-state index contributed by atoms with van der Waals surface area (Å²) in [5.41, 5.74) is 1.16. The lowest BCUT2D eigenvalue weighted by Gasteiger charge is -2.16. The SMILES string of the molecule is COC(=O)COc1cc(C(=O)NC(C)c2ccc(Cl)c(Cl)c2)ccc1OC. The number of benzene rings is 2. The number of ether oxygens (including phenoxy) is 3. The Bertz CT molecular complexity index is 841. The molecule has 0 saturated heterocycles. The third-order valence-electron chi connectivity index (χ3n) is 3.79. The molecule has 0 spiro atoms. The van der Waals surface area contributed by atoms with E-state index in [0.29, 0.717) is 21.4 Å². The van der Waals surface area contributed by atoms with Crippen LogP contribution in [0.4, 0.5) is 0 Å². The van der Waals surface area contributed by atoms with Crippen molar-refractivity contribution in [3.8, 4) is 11.5 Å². The van der Waals surface area contributed by atoms with E-state index in [1.807, 2.05) is 6.92 Å². The molecule has 0 bridgehead atoms. The molecular formula is C19H19Cl2NO5. The van der Waals surface area contributed by atoms with Gasteiger partial charge in [-0.2, -0.15) is 0 Å². The van der Waals surface area contributed by atoms with Crippen molar-refractivity contribution < 1.29 is 23.8 Å². The Morgan fingerprint density at radius 2 is 1.78 bits per heavy atom. The van der Waals surface area contributed by atoms with Gasteiger partial charge in [-0.25, -0.2) is 4.79 Å². The first-order chi connectivity index (χ1) is 12.8. The molecule has 0 aliphatic heterocycles. The lowest BCUT2D eigenvalue weighted by molar-refractivity contribution is -0.142. The number of methoxy groups -OCH3 is 2. The second kappa shape index (κ2) is 9.48. The molecule has 1 unspecified atom stereocenters. The fraction of sp³-hybridized carbons (Fsp3) is 0.263. The summed E-state index contributed by atoms with van der Waals surface area (Å²) in [6, 6.07) is 9.55. The Morgan fingerprint density at radius 3 is 2.41 bits per heavy atom. The lowest BCUT2D eigenvalue weighted by Crippen LogP contribution is -2.26. The van der Waals surface area contributed by atoms with E-state index in [-0.39, 0.29) is 24.3 Å². The van der Waals surface area contributed by atoms with Gasteiger partial charge in [-0.05, 0) is 42.8 Å². The van der Waals surface area contributed by atoms with Crippen molar-refractivity contribution in [2.24, 2.45) is 0 Å². The van der Waals surface area contributed by atoms with Gasteiger partial charge in [0.15, 0.2) is 18.1 Å². The summed E-state index contributed by atoms with van der Waals surface area (Å²) in [5.74, 6) is -0.204. The largest absolute Gasteiger partial charge is 0.493 e. The Morgan fingerprint density at radius 1 is 1.04 bits per heavy atom. The molecule has 1 N–H and O–H groups in total. The van der Waals surface area contributed by atoms with Crippen LogP contribution in [0.2, 0.25) is 10.0 Å². The second-order valence-corrected chi connectivity index (χ2v) is 6.41. The van der Waals surface area contributed by atoms with E-state index in [4.69, 9.17) is 32.7 Å². The van der Waals surface area contributed by atoms with Gasteiger partial charge >= 0.3 is 5.97 Å². The number of carbonyl (C=O) groups is 2. The van der Waals surface area contributed by atoms with Gasteiger partial charge in [-0.15, -0.1) is 0 Å². The quantitative estimate of drug-likeness (QED) is 0.695. The third-order valence-corrected chi connectivity index (χ3v) is 4.53. The van der Waals surface area contributed by atoms with Gasteiger partial charge < -0.3 is 19.5 Å². The van der Waals surface area contributed by atoms with E-state index in [1.165, 1.54) is 20.3 Å². The van der Waals surface area contributed by atoms with Crippen LogP contribution in [0.25, 0.3) is 0 Å². The summed E-state index contributed by atoms with van der Waals surface area (Å²) in [7, 11) is 2.73. The van der Waals surface area contributed by atoms with Crippen molar-refractivity contribution in [2.75, 3.05) is 20.8 Å². The Kier molecular flexibility index (Phi) is 7.33. The van der Waals surface area contributed by atoms with Crippen LogP contribution in [0, 0.1) is 0 Å². The molecule has 0 aliphatic carbocycles. The molecule has 2 aromatic rings. The number of amides is 1. The van der Waals surface area contributed by atoms with Gasteiger partial charge in [0.1, 0.15) is 0 Å². The predicted octanol–water partition coefficient (Wildman–Crippen LogP) is 4.04. The van der Waals surface area contributed by atoms with Gasteiger partial charge in [0, 0.05) is 5.56 Å². The Labute approximate surface area is 167 Å². The molecule has 0 radical (unpaired) electrons. The standard InChI is InChI=1S/C19H19Cl2NO5/c1-11(12-4-6-14(20)15(21)8-12)22-19(24)13-5-7-16(25-2)17(9-13)27-10-18(23)26-3/h4-9,11H,10H2,1-3H3,(H,22,24). The van der Waals surface area contributed by atoms with Crippen molar-refractivity contribution >= 4 is 35.1 Å². The Balaban J connectivity index is 2.14. The lowest BCUT2D eigenvalue weighted by atomic mass is 10.1. The second-order valence-electron chi connectivity index (χ2n) is 5.60. The van der Waals surface area contributed by atoms with Crippen LogP contribution in [0.15, 0.2) is 36.4 Å². The van der Waals surface area contributed by atoms with Gasteiger partial charge in [0.05, 0.1) is 30.3 Å². The minimum absolute atomic E-state index is 0.262. The van der Waals surface area contributed by atoms with Crippen molar-refractivity contribution in [1.29, 1.82) is 0 Å². The molecule has 1 atom stereocenters. The smallest absolute Gasteiger partial charge is 0.343 e. The summed E-state index contributed by atoms with van der Waals surface area (Å²) in [6.45, 7) is 1.53. The van der Waals surface area contributed by atoms with Crippen LogP contribution < -0.4 is 14.8 Å². The maximum Gasteiger partial charge on any atom is 0.343 e. The monoisotopic (exact) mass is 411 g/mol. The number of hydrogen-bond donors (Lipinski definition) is 1. The van der Waals surface area contributed by atoms with Crippen molar-refractivity contribution in [3.63, 3.8) is 0 Å². The van der Waals surface area contributed by atoms with Crippen LogP contribution in [-0.2, 0) is 9.53 Å². The van der Waals surface area contributed by atoms with Crippen molar-refractivity contribution in [3.05, 3.63) is 57.6 Å². The summed E-state index contributed by atoms with van der Waals surface area (Å²) in [5, 5.41) is 3.73. The zero-order chi connectivity index (χ0) is 20.0. The molecule has 27 heavy (non-hydrogen) atoms. The molecule has 144 valence electrons. The van der Waals surface area contributed by atoms with Gasteiger partial charge in [0.2, 0.25) is 0 Å². The molecule has 0 aliphatic rings. The topological polar surface area (TPSA) is 73.9 Å². The van der Waals surface area contributed by atoms with Crippen LogP contribution >= 0.6 is 23.2 Å². The minimum atomic E-state index is -0.542. The molecule has 0 heterocycles. The third kappa shape index (κ3) is 5.52. The first kappa shape index (κ1) is 20.9. The summed E-state index contributed by atoms with van der Waals surface area (Å²) < 4.78 is 15.1. The number of hydrogen-bond acceptors (Lipinski definition) is 5. The number of esters is 1. The predicted molar refractivity (Wildman–Crippen MR) is 103 cm³/mol. The molecule has 0 saturated carbocycles. The van der Waals surface area contributed by atoms with Crippen molar-refractivity contribution in [2.45, 2.75) is 13.0 Å². The number of nitrogens with one attached hydrogen (secondary N) is 1. The van der Waals surface area contributed by atoms with Crippen LogP contribution in [0.5, 0.6) is 11.5 Å². The van der Waals surface area contributed by atoms with Crippen LogP contribution in [0.1, 0.15) is 28.9 Å². The number of carbonyl (C=O) groups excluding carboxylic acids is 2. The molecule has 2 rings (SSSR count). The van der Waals surface area contributed by atoms with Crippen LogP contribution in [-0.4, -0.2) is 32.7 Å². The highest BCUT2D eigenvalue weighted by atomic mass is 35.5. The van der Waals surface area contributed by atoms with E-state index >= 15 is 0 Å². The maximum atomic E-state index is 12.6. The zero-order valence-corrected chi connectivity index (χ0v) is 16.6. The summed E-state index contributed by atoms with van der Waals surface area (Å²) in [6.07, 6.45) is 0. The van der Waals surface area contributed by atoms with Crippen molar-refractivity contribution in [1.82, 2.24) is 5.32 Å². The van der Waals surface area contributed by atoms with Gasteiger partial charge in [-0.1, -0.05) is 29.3 Å². The Hall–Kier alpha value is -2.44. The fourth-order valence-corrected chi connectivity index (χ4v) is 2.58. The molecule has 0 fully saturated rings. The molecular weight excluding hydrogens is 393 g/mol. The molecule has 8 heteroatoms. The molecule has 1 amide bonds.